The van der Waals surface area contributed by atoms with Crippen molar-refractivity contribution in [3.8, 4) is 11.5 Å². The van der Waals surface area contributed by atoms with Crippen molar-refractivity contribution < 1.29 is 18.6 Å². The van der Waals surface area contributed by atoms with E-state index in [-0.39, 0.29) is 16.5 Å². The monoisotopic (exact) mass is 271 g/mol. The third-order valence-corrected chi connectivity index (χ3v) is 2.38. The molecule has 0 aliphatic carbocycles. The van der Waals surface area contributed by atoms with Crippen LogP contribution in [0.15, 0.2) is 30.5 Å². The molecule has 0 atom stereocenters. The van der Waals surface area contributed by atoms with Gasteiger partial charge >= 0.3 is 0 Å². The van der Waals surface area contributed by atoms with Crippen LogP contribution in [0.1, 0.15) is 5.56 Å². The number of pyridine rings is 1. The van der Waals surface area contributed by atoms with Crippen LogP contribution in [0, 0.1) is 11.6 Å². The number of hydrogen-bond donors (Lipinski definition) is 1. The molecule has 0 bridgehead atoms. The summed E-state index contributed by atoms with van der Waals surface area (Å²) in [5.74, 6) is -2.17. The summed E-state index contributed by atoms with van der Waals surface area (Å²) in [6.07, 6.45) is 1.25. The topological polar surface area (TPSA) is 42.4 Å². The molecule has 2 aromatic rings. The van der Waals surface area contributed by atoms with Crippen molar-refractivity contribution in [1.29, 1.82) is 0 Å². The van der Waals surface area contributed by atoms with Gasteiger partial charge in [-0.15, -0.1) is 0 Å². The fourth-order valence-corrected chi connectivity index (χ4v) is 1.45. The van der Waals surface area contributed by atoms with E-state index in [0.717, 1.165) is 12.1 Å². The molecule has 0 aliphatic rings. The summed E-state index contributed by atoms with van der Waals surface area (Å²) in [5, 5.41) is 9.05. The Morgan fingerprint density at radius 3 is 2.39 bits per heavy atom. The van der Waals surface area contributed by atoms with Crippen LogP contribution in [-0.4, -0.2) is 10.1 Å². The zero-order chi connectivity index (χ0) is 13.1. The first-order valence-corrected chi connectivity index (χ1v) is 5.36. The lowest BCUT2D eigenvalue weighted by Crippen LogP contribution is -1.96. The zero-order valence-electron chi connectivity index (χ0n) is 9.03. The second-order valence-corrected chi connectivity index (χ2v) is 3.85. The van der Waals surface area contributed by atoms with Gasteiger partial charge in [-0.05, 0) is 29.8 Å². The van der Waals surface area contributed by atoms with Crippen LogP contribution < -0.4 is 4.74 Å². The number of ether oxygens (including phenoxy) is 1. The van der Waals surface area contributed by atoms with E-state index >= 15 is 0 Å². The molecule has 1 N–H and O–H groups in total. The summed E-state index contributed by atoms with van der Waals surface area (Å²) < 4.78 is 32.1. The van der Waals surface area contributed by atoms with Gasteiger partial charge in [-0.25, -0.2) is 13.8 Å². The summed E-state index contributed by atoms with van der Waals surface area (Å²) in [5.41, 5.74) is 0.131. The fourth-order valence-electron chi connectivity index (χ4n) is 1.34. The Kier molecular flexibility index (Phi) is 3.74. The van der Waals surface area contributed by atoms with Crippen LogP contribution in [0.2, 0.25) is 5.15 Å². The maximum atomic E-state index is 13.5. The maximum Gasteiger partial charge on any atom is 0.198 e. The molecule has 2 rings (SSSR count). The van der Waals surface area contributed by atoms with Crippen molar-refractivity contribution >= 4 is 11.6 Å². The van der Waals surface area contributed by atoms with E-state index in [4.69, 9.17) is 21.4 Å². The number of halogens is 3. The second-order valence-electron chi connectivity index (χ2n) is 3.47. The van der Waals surface area contributed by atoms with Crippen LogP contribution in [0.4, 0.5) is 8.78 Å². The number of hydrogen-bond acceptors (Lipinski definition) is 3. The SMILES string of the molecule is OCc1cc(F)c(Oc2ccc(Cl)nc2)c(F)c1. The first-order chi connectivity index (χ1) is 8.60. The van der Waals surface area contributed by atoms with Crippen LogP contribution in [-0.2, 0) is 6.61 Å². The standard InChI is InChI=1S/C12H8ClF2NO2/c13-11-2-1-8(5-16-11)18-12-9(14)3-7(6-17)4-10(12)15/h1-5,17H,6H2. The van der Waals surface area contributed by atoms with Gasteiger partial charge in [0.05, 0.1) is 12.8 Å². The van der Waals surface area contributed by atoms with Crippen molar-refractivity contribution in [3.05, 3.63) is 52.8 Å². The van der Waals surface area contributed by atoms with Crippen molar-refractivity contribution in [1.82, 2.24) is 4.98 Å². The summed E-state index contributed by atoms with van der Waals surface area (Å²) in [4.78, 5) is 3.72. The maximum absolute atomic E-state index is 13.5. The molecule has 0 saturated heterocycles. The second kappa shape index (κ2) is 5.29. The third-order valence-electron chi connectivity index (χ3n) is 2.16. The van der Waals surface area contributed by atoms with Gasteiger partial charge in [0.2, 0.25) is 0 Å². The highest BCUT2D eigenvalue weighted by atomic mass is 35.5. The normalized spacial score (nSPS) is 10.4. The molecule has 0 radical (unpaired) electrons. The molecular weight excluding hydrogens is 264 g/mol. The molecule has 94 valence electrons. The molecule has 0 amide bonds. The Hall–Kier alpha value is -1.72. The van der Waals surface area contributed by atoms with Crippen LogP contribution in [0.3, 0.4) is 0 Å². The smallest absolute Gasteiger partial charge is 0.198 e. The predicted octanol–water partition coefficient (Wildman–Crippen LogP) is 3.30. The highest BCUT2D eigenvalue weighted by molar-refractivity contribution is 6.29. The highest BCUT2D eigenvalue weighted by Crippen LogP contribution is 2.28. The Morgan fingerprint density at radius 2 is 1.89 bits per heavy atom. The van der Waals surface area contributed by atoms with Gasteiger partial charge in [-0.3, -0.25) is 0 Å². The first-order valence-electron chi connectivity index (χ1n) is 4.98. The predicted molar refractivity (Wildman–Crippen MR) is 61.6 cm³/mol. The highest BCUT2D eigenvalue weighted by Gasteiger charge is 2.13. The molecule has 0 spiro atoms. The number of aliphatic hydroxyl groups excluding tert-OH is 1. The van der Waals surface area contributed by atoms with Crippen LogP contribution >= 0.6 is 11.6 Å². The minimum atomic E-state index is -0.894. The third kappa shape index (κ3) is 2.75. The van der Waals surface area contributed by atoms with Crippen LogP contribution in [0.5, 0.6) is 11.5 Å². The van der Waals surface area contributed by atoms with E-state index in [9.17, 15) is 8.78 Å². The lowest BCUT2D eigenvalue weighted by Gasteiger charge is -2.08. The average molecular weight is 272 g/mol. The molecule has 1 aromatic carbocycles. The van der Waals surface area contributed by atoms with Gasteiger partial charge in [0, 0.05) is 0 Å². The molecule has 6 heteroatoms. The minimum absolute atomic E-state index is 0.131. The number of aliphatic hydroxyl groups is 1. The summed E-state index contributed by atoms with van der Waals surface area (Å²) in [6, 6.07) is 4.88. The van der Waals surface area contributed by atoms with Crippen molar-refractivity contribution in [2.24, 2.45) is 0 Å². The van der Waals surface area contributed by atoms with E-state index < -0.39 is 24.0 Å². The van der Waals surface area contributed by atoms with Crippen molar-refractivity contribution in [2.45, 2.75) is 6.61 Å². The van der Waals surface area contributed by atoms with Crippen LogP contribution in [0.25, 0.3) is 0 Å². The minimum Gasteiger partial charge on any atom is -0.450 e. The van der Waals surface area contributed by atoms with Gasteiger partial charge in [-0.2, -0.15) is 0 Å². The largest absolute Gasteiger partial charge is 0.450 e. The van der Waals surface area contributed by atoms with Gasteiger partial charge in [0.15, 0.2) is 17.4 Å². The number of nitrogens with zero attached hydrogens (tertiary/aromatic N) is 1. The lowest BCUT2D eigenvalue weighted by atomic mass is 10.2. The Balaban J connectivity index is 2.31. The Bertz CT molecular complexity index is 537. The number of rotatable bonds is 3. The molecule has 0 saturated carbocycles. The molecule has 18 heavy (non-hydrogen) atoms. The van der Waals surface area contributed by atoms with Gasteiger partial charge in [0.1, 0.15) is 10.9 Å². The molecule has 0 aliphatic heterocycles. The summed E-state index contributed by atoms with van der Waals surface area (Å²) >= 11 is 5.57. The van der Waals surface area contributed by atoms with E-state index in [2.05, 4.69) is 4.98 Å². The van der Waals surface area contributed by atoms with E-state index in [1.54, 1.807) is 0 Å². The molecule has 3 nitrogen and oxygen atoms in total. The van der Waals surface area contributed by atoms with E-state index in [1.165, 1.54) is 18.3 Å². The van der Waals surface area contributed by atoms with E-state index in [0.29, 0.717) is 0 Å². The molecule has 1 heterocycles. The lowest BCUT2D eigenvalue weighted by molar-refractivity contribution is 0.279. The Labute approximate surface area is 107 Å². The fraction of sp³-hybridized carbons (Fsp3) is 0.0833. The molecular formula is C12H8ClF2NO2. The van der Waals surface area contributed by atoms with E-state index in [1.807, 2.05) is 0 Å². The first kappa shape index (κ1) is 12.7. The summed E-state index contributed by atoms with van der Waals surface area (Å²) in [6.45, 7) is -0.448. The molecule has 0 unspecified atom stereocenters. The van der Waals surface area contributed by atoms with Crippen molar-refractivity contribution in [3.63, 3.8) is 0 Å². The summed E-state index contributed by atoms with van der Waals surface area (Å²) in [7, 11) is 0. The Morgan fingerprint density at radius 1 is 1.22 bits per heavy atom. The number of benzene rings is 1. The van der Waals surface area contributed by atoms with Gasteiger partial charge in [-0.1, -0.05) is 11.6 Å². The van der Waals surface area contributed by atoms with Gasteiger partial charge in [0.25, 0.3) is 0 Å². The zero-order valence-corrected chi connectivity index (χ0v) is 9.79. The molecule has 0 fully saturated rings. The quantitative estimate of drug-likeness (QED) is 0.871. The molecule has 1 aromatic heterocycles. The number of aromatic nitrogens is 1. The van der Waals surface area contributed by atoms with Crippen molar-refractivity contribution in [2.75, 3.05) is 0 Å². The van der Waals surface area contributed by atoms with Gasteiger partial charge < -0.3 is 9.84 Å². The average Bonchev–Trinajstić information content (AvgIpc) is 2.35.